The van der Waals surface area contributed by atoms with E-state index in [4.69, 9.17) is 5.11 Å². The van der Waals surface area contributed by atoms with Gasteiger partial charge in [-0.15, -0.1) is 0 Å². The maximum Gasteiger partial charge on any atom is 0.222 e. The summed E-state index contributed by atoms with van der Waals surface area (Å²) in [5.41, 5.74) is 0. The molecule has 1 aliphatic rings. The predicted molar refractivity (Wildman–Crippen MR) is 59.6 cm³/mol. The molecule has 1 fully saturated rings. The van der Waals surface area contributed by atoms with Gasteiger partial charge in [-0.2, -0.15) is 0 Å². The number of amides is 1. The van der Waals surface area contributed by atoms with E-state index in [1.165, 1.54) is 12.8 Å². The smallest absolute Gasteiger partial charge is 0.222 e. The third kappa shape index (κ3) is 4.62. The first-order valence-corrected chi connectivity index (χ1v) is 5.70. The van der Waals surface area contributed by atoms with Gasteiger partial charge in [0.15, 0.2) is 0 Å². The molecule has 4 nitrogen and oxygen atoms in total. The van der Waals surface area contributed by atoms with Crippen LogP contribution >= 0.6 is 0 Å². The minimum Gasteiger partial charge on any atom is -0.395 e. The minimum absolute atomic E-state index is 0.190. The molecule has 0 aliphatic heterocycles. The van der Waals surface area contributed by atoms with Gasteiger partial charge >= 0.3 is 0 Å². The molecular weight excluding hydrogens is 192 g/mol. The van der Waals surface area contributed by atoms with Crippen LogP contribution in [0.4, 0.5) is 0 Å². The maximum absolute atomic E-state index is 11.3. The number of nitrogens with zero attached hydrogens (tertiary/aromatic N) is 2. The Morgan fingerprint density at radius 3 is 2.47 bits per heavy atom. The van der Waals surface area contributed by atoms with E-state index < -0.39 is 0 Å². The fraction of sp³-hybridized carbons (Fsp3) is 0.909. The number of hydrogen-bond acceptors (Lipinski definition) is 3. The van der Waals surface area contributed by atoms with Crippen LogP contribution in [0.5, 0.6) is 0 Å². The number of rotatable bonds is 7. The molecule has 1 saturated carbocycles. The highest BCUT2D eigenvalue weighted by Crippen LogP contribution is 2.26. The van der Waals surface area contributed by atoms with Gasteiger partial charge in [0.25, 0.3) is 0 Å². The lowest BCUT2D eigenvalue weighted by Crippen LogP contribution is -2.31. The zero-order valence-corrected chi connectivity index (χ0v) is 9.78. The van der Waals surface area contributed by atoms with Crippen molar-refractivity contribution in [1.82, 2.24) is 9.80 Å². The Hall–Kier alpha value is -0.610. The number of carbonyl (C=O) groups excluding carboxylic acids is 1. The summed E-state index contributed by atoms with van der Waals surface area (Å²) in [5.74, 6) is 0.190. The first-order valence-electron chi connectivity index (χ1n) is 5.70. The summed E-state index contributed by atoms with van der Waals surface area (Å²) in [6.45, 7) is 1.91. The van der Waals surface area contributed by atoms with Crippen molar-refractivity contribution in [2.75, 3.05) is 33.8 Å². The van der Waals surface area contributed by atoms with Crippen LogP contribution < -0.4 is 0 Å². The van der Waals surface area contributed by atoms with Gasteiger partial charge in [0.1, 0.15) is 0 Å². The highest BCUT2D eigenvalue weighted by Gasteiger charge is 2.27. The molecule has 0 radical (unpaired) electrons. The van der Waals surface area contributed by atoms with E-state index in [1.54, 1.807) is 19.0 Å². The standard InChI is InChI=1S/C11H22N2O2/c1-12(2)11(15)4-3-7-13(8-9-14)10-5-6-10/h10,14H,3-9H2,1-2H3. The van der Waals surface area contributed by atoms with Crippen molar-refractivity contribution in [3.8, 4) is 0 Å². The summed E-state index contributed by atoms with van der Waals surface area (Å²) >= 11 is 0. The van der Waals surface area contributed by atoms with Crippen LogP contribution in [0.2, 0.25) is 0 Å². The second kappa shape index (κ2) is 6.08. The molecule has 0 saturated heterocycles. The predicted octanol–water partition coefficient (Wildman–Crippen LogP) is 0.311. The Balaban J connectivity index is 2.13. The molecule has 0 bridgehead atoms. The number of carbonyl (C=O) groups is 1. The summed E-state index contributed by atoms with van der Waals surface area (Å²) in [4.78, 5) is 15.3. The van der Waals surface area contributed by atoms with Crippen molar-refractivity contribution in [3.63, 3.8) is 0 Å². The van der Waals surface area contributed by atoms with Gasteiger partial charge in [0, 0.05) is 33.1 Å². The molecule has 0 heterocycles. The first-order chi connectivity index (χ1) is 7.15. The van der Waals surface area contributed by atoms with E-state index in [2.05, 4.69) is 4.90 Å². The Kier molecular flexibility index (Phi) is 5.05. The molecule has 0 spiro atoms. The van der Waals surface area contributed by atoms with Crippen molar-refractivity contribution < 1.29 is 9.90 Å². The van der Waals surface area contributed by atoms with Gasteiger partial charge in [-0.1, -0.05) is 0 Å². The van der Waals surface area contributed by atoms with E-state index >= 15 is 0 Å². The third-order valence-corrected chi connectivity index (χ3v) is 2.79. The minimum atomic E-state index is 0.190. The van der Waals surface area contributed by atoms with Crippen LogP contribution in [-0.2, 0) is 4.79 Å². The number of hydrogen-bond donors (Lipinski definition) is 1. The number of aliphatic hydroxyl groups excluding tert-OH is 1. The fourth-order valence-electron chi connectivity index (χ4n) is 1.70. The van der Waals surface area contributed by atoms with Gasteiger partial charge in [-0.3, -0.25) is 9.69 Å². The molecule has 1 aliphatic carbocycles. The monoisotopic (exact) mass is 214 g/mol. The zero-order chi connectivity index (χ0) is 11.3. The highest BCUT2D eigenvalue weighted by atomic mass is 16.3. The van der Waals surface area contributed by atoms with E-state index in [-0.39, 0.29) is 12.5 Å². The molecule has 0 aromatic carbocycles. The molecule has 1 amide bonds. The molecule has 4 heteroatoms. The summed E-state index contributed by atoms with van der Waals surface area (Å²) in [6, 6.07) is 0.673. The molecule has 88 valence electrons. The van der Waals surface area contributed by atoms with Gasteiger partial charge in [0.2, 0.25) is 5.91 Å². The lowest BCUT2D eigenvalue weighted by atomic mass is 10.2. The average Bonchev–Trinajstić information content (AvgIpc) is 2.99. The SMILES string of the molecule is CN(C)C(=O)CCCN(CCO)C1CC1. The number of aliphatic hydroxyl groups is 1. The van der Waals surface area contributed by atoms with Gasteiger partial charge in [-0.05, 0) is 25.8 Å². The second-order valence-electron chi connectivity index (χ2n) is 4.38. The lowest BCUT2D eigenvalue weighted by Gasteiger charge is -2.20. The highest BCUT2D eigenvalue weighted by molar-refractivity contribution is 5.75. The summed E-state index contributed by atoms with van der Waals surface area (Å²) < 4.78 is 0. The van der Waals surface area contributed by atoms with Crippen LogP contribution in [0.1, 0.15) is 25.7 Å². The average molecular weight is 214 g/mol. The summed E-state index contributed by atoms with van der Waals surface area (Å²) in [7, 11) is 3.57. The quantitative estimate of drug-likeness (QED) is 0.663. The van der Waals surface area contributed by atoms with Crippen molar-refractivity contribution in [2.24, 2.45) is 0 Å². The summed E-state index contributed by atoms with van der Waals surface area (Å²) in [6.07, 6.45) is 4.01. The Bertz CT molecular complexity index is 203. The Labute approximate surface area is 91.9 Å². The van der Waals surface area contributed by atoms with Crippen LogP contribution in [0.25, 0.3) is 0 Å². The second-order valence-corrected chi connectivity index (χ2v) is 4.38. The van der Waals surface area contributed by atoms with Gasteiger partial charge in [0.05, 0.1) is 6.61 Å². The van der Waals surface area contributed by atoms with Gasteiger partial charge in [-0.25, -0.2) is 0 Å². The molecule has 1 rings (SSSR count). The first kappa shape index (κ1) is 12.5. The topological polar surface area (TPSA) is 43.8 Å². The van der Waals surface area contributed by atoms with E-state index in [1.807, 2.05) is 0 Å². The Morgan fingerprint density at radius 2 is 2.00 bits per heavy atom. The molecule has 0 unspecified atom stereocenters. The van der Waals surface area contributed by atoms with E-state index in [0.717, 1.165) is 19.5 Å². The van der Waals surface area contributed by atoms with Crippen LogP contribution in [0.15, 0.2) is 0 Å². The molecule has 0 aromatic rings. The molecule has 15 heavy (non-hydrogen) atoms. The van der Waals surface area contributed by atoms with Crippen molar-refractivity contribution in [1.29, 1.82) is 0 Å². The van der Waals surface area contributed by atoms with E-state index in [9.17, 15) is 4.79 Å². The van der Waals surface area contributed by atoms with E-state index in [0.29, 0.717) is 12.5 Å². The van der Waals surface area contributed by atoms with Crippen LogP contribution in [0, 0.1) is 0 Å². The molecule has 0 aromatic heterocycles. The lowest BCUT2D eigenvalue weighted by molar-refractivity contribution is -0.128. The molecule has 1 N–H and O–H groups in total. The van der Waals surface area contributed by atoms with Crippen molar-refractivity contribution in [2.45, 2.75) is 31.7 Å². The van der Waals surface area contributed by atoms with Crippen molar-refractivity contribution >= 4 is 5.91 Å². The fourth-order valence-corrected chi connectivity index (χ4v) is 1.70. The maximum atomic E-state index is 11.3. The van der Waals surface area contributed by atoms with Gasteiger partial charge < -0.3 is 10.0 Å². The van der Waals surface area contributed by atoms with Crippen molar-refractivity contribution in [3.05, 3.63) is 0 Å². The summed E-state index contributed by atoms with van der Waals surface area (Å²) in [5, 5.41) is 8.89. The zero-order valence-electron chi connectivity index (χ0n) is 9.78. The van der Waals surface area contributed by atoms with Crippen LogP contribution in [0.3, 0.4) is 0 Å². The molecule has 0 atom stereocenters. The molecular formula is C11H22N2O2. The normalized spacial score (nSPS) is 15.7. The van der Waals surface area contributed by atoms with Crippen LogP contribution in [-0.4, -0.2) is 60.6 Å². The largest absolute Gasteiger partial charge is 0.395 e. The Morgan fingerprint density at radius 1 is 1.33 bits per heavy atom. The third-order valence-electron chi connectivity index (χ3n) is 2.79.